The van der Waals surface area contributed by atoms with Crippen molar-refractivity contribution in [1.29, 1.82) is 0 Å². The molecule has 1 rings (SSSR count). The number of hydrogen-bond donors (Lipinski definition) is 1. The first-order valence-electron chi connectivity index (χ1n) is 6.16. The summed E-state index contributed by atoms with van der Waals surface area (Å²) in [7, 11) is 3.66. The summed E-state index contributed by atoms with van der Waals surface area (Å²) in [6.07, 6.45) is 0.111. The number of aromatic nitrogens is 1. The van der Waals surface area contributed by atoms with Crippen molar-refractivity contribution in [3.05, 3.63) is 11.1 Å². The van der Waals surface area contributed by atoms with Crippen molar-refractivity contribution in [2.24, 2.45) is 0 Å². The number of thiazole rings is 1. The molecule has 1 amide bonds. The third-order valence-corrected chi connectivity index (χ3v) is 4.66. The standard InChI is InChI=1S/C12H17N3O3S3/c1-4-18-10(17)5-8-6-20-11(13-8)14-9(16)7-21-12(19)15(2)3/h6H,4-5,7H2,1-3H3,(H,13,14,16). The minimum atomic E-state index is -0.326. The summed E-state index contributed by atoms with van der Waals surface area (Å²) in [6, 6.07) is 0. The van der Waals surface area contributed by atoms with Crippen LogP contribution in [0.2, 0.25) is 0 Å². The van der Waals surface area contributed by atoms with E-state index in [1.807, 2.05) is 14.1 Å². The normalized spacial score (nSPS) is 10.0. The zero-order valence-corrected chi connectivity index (χ0v) is 14.5. The number of rotatable bonds is 6. The maximum atomic E-state index is 11.7. The van der Waals surface area contributed by atoms with Gasteiger partial charge in [0.25, 0.3) is 0 Å². The van der Waals surface area contributed by atoms with Crippen molar-refractivity contribution >= 4 is 56.6 Å². The summed E-state index contributed by atoms with van der Waals surface area (Å²) < 4.78 is 5.49. The van der Waals surface area contributed by atoms with Crippen LogP contribution in [0.4, 0.5) is 5.13 Å². The highest BCUT2D eigenvalue weighted by Gasteiger charge is 2.11. The van der Waals surface area contributed by atoms with Gasteiger partial charge < -0.3 is 15.0 Å². The number of amides is 1. The number of anilines is 1. The highest BCUT2D eigenvalue weighted by atomic mass is 32.2. The topological polar surface area (TPSA) is 71.5 Å². The first-order valence-corrected chi connectivity index (χ1v) is 8.43. The van der Waals surface area contributed by atoms with E-state index in [1.54, 1.807) is 17.2 Å². The monoisotopic (exact) mass is 347 g/mol. The third kappa shape index (κ3) is 6.87. The lowest BCUT2D eigenvalue weighted by molar-refractivity contribution is -0.142. The fraction of sp³-hybridized carbons (Fsp3) is 0.500. The fourth-order valence-corrected chi connectivity index (χ4v) is 2.71. The van der Waals surface area contributed by atoms with Gasteiger partial charge in [-0.05, 0) is 6.92 Å². The second kappa shape index (κ2) is 8.96. The zero-order chi connectivity index (χ0) is 15.8. The average molecular weight is 347 g/mol. The van der Waals surface area contributed by atoms with Crippen molar-refractivity contribution in [3.63, 3.8) is 0 Å². The number of thioether (sulfide) groups is 1. The number of nitrogens with one attached hydrogen (secondary N) is 1. The molecule has 0 aliphatic heterocycles. The van der Waals surface area contributed by atoms with Crippen LogP contribution in [0.3, 0.4) is 0 Å². The number of nitrogens with zero attached hydrogens (tertiary/aromatic N) is 2. The molecule has 0 saturated carbocycles. The molecule has 116 valence electrons. The molecule has 21 heavy (non-hydrogen) atoms. The molecule has 0 saturated heterocycles. The largest absolute Gasteiger partial charge is 0.466 e. The maximum absolute atomic E-state index is 11.7. The molecule has 0 spiro atoms. The Bertz CT molecular complexity index is 517. The molecule has 9 heteroatoms. The van der Waals surface area contributed by atoms with E-state index >= 15 is 0 Å². The summed E-state index contributed by atoms with van der Waals surface area (Å²) in [5.74, 6) is -0.280. The van der Waals surface area contributed by atoms with Gasteiger partial charge in [-0.3, -0.25) is 9.59 Å². The summed E-state index contributed by atoms with van der Waals surface area (Å²) in [5.41, 5.74) is 0.588. The number of carbonyl (C=O) groups excluding carboxylic acids is 2. The Morgan fingerprint density at radius 3 is 2.86 bits per heavy atom. The van der Waals surface area contributed by atoms with E-state index in [9.17, 15) is 9.59 Å². The third-order valence-electron chi connectivity index (χ3n) is 2.12. The van der Waals surface area contributed by atoms with Gasteiger partial charge in [0, 0.05) is 19.5 Å². The molecule has 0 aromatic carbocycles. The van der Waals surface area contributed by atoms with Gasteiger partial charge >= 0.3 is 5.97 Å². The molecule has 1 aromatic rings. The molecular weight excluding hydrogens is 330 g/mol. The zero-order valence-electron chi connectivity index (χ0n) is 12.0. The first kappa shape index (κ1) is 17.9. The Balaban J connectivity index is 2.41. The Kier molecular flexibility index (Phi) is 7.62. The molecule has 0 aliphatic rings. The van der Waals surface area contributed by atoms with Crippen LogP contribution < -0.4 is 5.32 Å². The minimum absolute atomic E-state index is 0.111. The number of ether oxygens (including phenoxy) is 1. The molecule has 1 heterocycles. The number of esters is 1. The van der Waals surface area contributed by atoms with E-state index in [-0.39, 0.29) is 24.1 Å². The highest BCUT2D eigenvalue weighted by molar-refractivity contribution is 8.23. The second-order valence-corrected chi connectivity index (χ2v) is 6.59. The lowest BCUT2D eigenvalue weighted by atomic mass is 10.3. The van der Waals surface area contributed by atoms with Crippen molar-refractivity contribution in [2.75, 3.05) is 31.8 Å². The van der Waals surface area contributed by atoms with E-state index in [0.29, 0.717) is 21.8 Å². The molecule has 1 aromatic heterocycles. The van der Waals surface area contributed by atoms with Gasteiger partial charge in [-0.2, -0.15) is 0 Å². The molecular formula is C12H17N3O3S3. The van der Waals surface area contributed by atoms with Crippen LogP contribution in [-0.4, -0.2) is 52.5 Å². The predicted octanol–water partition coefficient (Wildman–Crippen LogP) is 1.77. The van der Waals surface area contributed by atoms with Crippen LogP contribution in [0.1, 0.15) is 12.6 Å². The van der Waals surface area contributed by atoms with E-state index in [2.05, 4.69) is 10.3 Å². The van der Waals surface area contributed by atoms with Crippen LogP contribution in [0.15, 0.2) is 5.38 Å². The van der Waals surface area contributed by atoms with E-state index in [4.69, 9.17) is 17.0 Å². The predicted molar refractivity (Wildman–Crippen MR) is 89.8 cm³/mol. The Morgan fingerprint density at radius 2 is 2.24 bits per heavy atom. The van der Waals surface area contributed by atoms with Gasteiger partial charge in [-0.1, -0.05) is 24.0 Å². The molecule has 0 atom stereocenters. The van der Waals surface area contributed by atoms with E-state index in [1.165, 1.54) is 23.1 Å². The number of thiocarbonyl (C=S) groups is 1. The van der Waals surface area contributed by atoms with E-state index < -0.39 is 0 Å². The van der Waals surface area contributed by atoms with Crippen LogP contribution in [-0.2, 0) is 20.7 Å². The molecule has 6 nitrogen and oxygen atoms in total. The molecule has 0 unspecified atom stereocenters. The van der Waals surface area contributed by atoms with Crippen molar-refractivity contribution < 1.29 is 14.3 Å². The second-order valence-electron chi connectivity index (χ2n) is 4.12. The molecule has 1 N–H and O–H groups in total. The molecule has 0 radical (unpaired) electrons. The van der Waals surface area contributed by atoms with Crippen LogP contribution in [0, 0.1) is 0 Å². The summed E-state index contributed by atoms with van der Waals surface area (Å²) in [5, 5.41) is 4.87. The smallest absolute Gasteiger partial charge is 0.311 e. The maximum Gasteiger partial charge on any atom is 0.311 e. The van der Waals surface area contributed by atoms with Gasteiger partial charge in [0.05, 0.1) is 24.5 Å². The van der Waals surface area contributed by atoms with Crippen LogP contribution >= 0.6 is 35.3 Å². The number of hydrogen-bond acceptors (Lipinski definition) is 7. The SMILES string of the molecule is CCOC(=O)Cc1csc(NC(=O)CSC(=S)N(C)C)n1. The van der Waals surface area contributed by atoms with Gasteiger partial charge in [-0.15, -0.1) is 11.3 Å². The Hall–Kier alpha value is -1.19. The molecule has 0 bridgehead atoms. The van der Waals surface area contributed by atoms with Gasteiger partial charge in [0.2, 0.25) is 5.91 Å². The van der Waals surface area contributed by atoms with E-state index in [0.717, 1.165) is 0 Å². The molecule has 0 aliphatic carbocycles. The quantitative estimate of drug-likeness (QED) is 0.621. The lowest BCUT2D eigenvalue weighted by Crippen LogP contribution is -2.20. The van der Waals surface area contributed by atoms with Crippen LogP contribution in [0.25, 0.3) is 0 Å². The molecule has 0 fully saturated rings. The lowest BCUT2D eigenvalue weighted by Gasteiger charge is -2.11. The first-order chi connectivity index (χ1) is 9.92. The van der Waals surface area contributed by atoms with Gasteiger partial charge in [0.1, 0.15) is 4.32 Å². The Morgan fingerprint density at radius 1 is 1.52 bits per heavy atom. The van der Waals surface area contributed by atoms with Crippen molar-refractivity contribution in [2.45, 2.75) is 13.3 Å². The number of carbonyl (C=O) groups is 2. The summed E-state index contributed by atoms with van der Waals surface area (Å²) >= 11 is 7.64. The Labute approximate surface area is 137 Å². The summed E-state index contributed by atoms with van der Waals surface area (Å²) in [6.45, 7) is 2.09. The van der Waals surface area contributed by atoms with Crippen molar-refractivity contribution in [1.82, 2.24) is 9.88 Å². The van der Waals surface area contributed by atoms with Crippen LogP contribution in [0.5, 0.6) is 0 Å². The van der Waals surface area contributed by atoms with Gasteiger partial charge in [-0.25, -0.2) is 4.98 Å². The summed E-state index contributed by atoms with van der Waals surface area (Å²) in [4.78, 5) is 29.0. The van der Waals surface area contributed by atoms with Gasteiger partial charge in [0.15, 0.2) is 5.13 Å². The fourth-order valence-electron chi connectivity index (χ4n) is 1.22. The average Bonchev–Trinajstić information content (AvgIpc) is 2.83. The minimum Gasteiger partial charge on any atom is -0.466 e. The highest BCUT2D eigenvalue weighted by Crippen LogP contribution is 2.17. The van der Waals surface area contributed by atoms with Crippen molar-refractivity contribution in [3.8, 4) is 0 Å².